The fourth-order valence-electron chi connectivity index (χ4n) is 2.81. The molecule has 0 aliphatic carbocycles. The second-order valence-electron chi connectivity index (χ2n) is 5.45. The molecule has 6 heteroatoms. The summed E-state index contributed by atoms with van der Waals surface area (Å²) in [6.07, 6.45) is 4.54. The van der Waals surface area contributed by atoms with E-state index in [0.29, 0.717) is 24.6 Å². The second-order valence-corrected chi connectivity index (χ2v) is 5.45. The molecule has 1 aliphatic rings. The number of nitrogens with two attached hydrogens (primary N) is 1. The summed E-state index contributed by atoms with van der Waals surface area (Å²) in [6, 6.07) is 6.70. The fraction of sp³-hybridized carbons (Fsp3) is 0.312. The van der Waals surface area contributed by atoms with Gasteiger partial charge in [-0.1, -0.05) is 12.1 Å². The zero-order valence-electron chi connectivity index (χ0n) is 12.1. The molecule has 0 saturated carbocycles. The third kappa shape index (κ3) is 3.05. The van der Waals surface area contributed by atoms with Crippen molar-refractivity contribution in [1.29, 1.82) is 0 Å². The van der Waals surface area contributed by atoms with Crippen LogP contribution in [0.3, 0.4) is 0 Å². The van der Waals surface area contributed by atoms with Gasteiger partial charge in [0, 0.05) is 25.5 Å². The zero-order chi connectivity index (χ0) is 15.5. The Labute approximate surface area is 128 Å². The molecule has 5 nitrogen and oxygen atoms in total. The number of nitrogen functional groups attached to an aromatic ring is 1. The molecule has 22 heavy (non-hydrogen) atoms. The first kappa shape index (κ1) is 14.4. The molecule has 114 valence electrons. The lowest BCUT2D eigenvalue weighted by molar-refractivity contribution is 0.0712. The van der Waals surface area contributed by atoms with Crippen molar-refractivity contribution in [2.75, 3.05) is 18.8 Å². The van der Waals surface area contributed by atoms with Crippen LogP contribution in [-0.2, 0) is 0 Å². The summed E-state index contributed by atoms with van der Waals surface area (Å²) in [5.74, 6) is 0.150. The van der Waals surface area contributed by atoms with E-state index in [4.69, 9.17) is 5.73 Å². The maximum absolute atomic E-state index is 13.3. The van der Waals surface area contributed by atoms with Gasteiger partial charge in [-0.05, 0) is 36.5 Å². The Morgan fingerprint density at radius 3 is 2.55 bits per heavy atom. The van der Waals surface area contributed by atoms with Gasteiger partial charge in [0.05, 0.1) is 5.56 Å². The fourth-order valence-corrected chi connectivity index (χ4v) is 2.81. The number of rotatable bonds is 2. The van der Waals surface area contributed by atoms with Crippen molar-refractivity contribution in [3.05, 3.63) is 53.6 Å². The number of amides is 1. The molecule has 1 fully saturated rings. The number of aromatic nitrogens is 2. The van der Waals surface area contributed by atoms with Crippen molar-refractivity contribution in [1.82, 2.24) is 14.9 Å². The van der Waals surface area contributed by atoms with E-state index in [2.05, 4.69) is 9.97 Å². The van der Waals surface area contributed by atoms with Crippen molar-refractivity contribution in [2.24, 2.45) is 0 Å². The molecule has 2 heterocycles. The highest BCUT2D eigenvalue weighted by molar-refractivity contribution is 5.93. The Bertz CT molecular complexity index is 666. The number of hydrogen-bond donors (Lipinski definition) is 1. The van der Waals surface area contributed by atoms with Gasteiger partial charge in [0.25, 0.3) is 5.91 Å². The van der Waals surface area contributed by atoms with Gasteiger partial charge in [-0.25, -0.2) is 14.4 Å². The first-order valence-corrected chi connectivity index (χ1v) is 7.26. The number of anilines is 1. The normalized spacial score (nSPS) is 15.8. The van der Waals surface area contributed by atoms with E-state index in [9.17, 15) is 9.18 Å². The summed E-state index contributed by atoms with van der Waals surface area (Å²) < 4.78 is 13.3. The van der Waals surface area contributed by atoms with Gasteiger partial charge in [0.15, 0.2) is 0 Å². The minimum atomic E-state index is -0.213. The van der Waals surface area contributed by atoms with Crippen molar-refractivity contribution in [2.45, 2.75) is 18.8 Å². The molecule has 1 aromatic heterocycles. The van der Waals surface area contributed by atoms with Crippen molar-refractivity contribution in [3.8, 4) is 0 Å². The Kier molecular flexibility index (Phi) is 4.00. The van der Waals surface area contributed by atoms with E-state index in [1.165, 1.54) is 18.5 Å². The lowest BCUT2D eigenvalue weighted by Gasteiger charge is -2.32. The minimum Gasteiger partial charge on any atom is -0.368 e. The molecule has 2 N–H and O–H groups in total. The largest absolute Gasteiger partial charge is 0.368 e. The first-order chi connectivity index (χ1) is 10.6. The van der Waals surface area contributed by atoms with Crippen LogP contribution in [0.4, 0.5) is 10.3 Å². The quantitative estimate of drug-likeness (QED) is 0.923. The highest BCUT2D eigenvalue weighted by Gasteiger charge is 2.25. The summed E-state index contributed by atoms with van der Waals surface area (Å²) in [4.78, 5) is 21.8. The monoisotopic (exact) mass is 300 g/mol. The number of piperidine rings is 1. The predicted octanol–water partition coefficient (Wildman–Crippen LogP) is 2.22. The number of carbonyl (C=O) groups is 1. The van der Waals surface area contributed by atoms with E-state index < -0.39 is 0 Å². The number of nitrogens with zero attached hydrogens (tertiary/aromatic N) is 3. The Morgan fingerprint density at radius 1 is 1.23 bits per heavy atom. The molecule has 0 atom stereocenters. The lowest BCUT2D eigenvalue weighted by Crippen LogP contribution is -2.38. The smallest absolute Gasteiger partial charge is 0.256 e. The van der Waals surface area contributed by atoms with Crippen LogP contribution >= 0.6 is 0 Å². The molecule has 1 amide bonds. The van der Waals surface area contributed by atoms with E-state index in [1.54, 1.807) is 17.0 Å². The maximum Gasteiger partial charge on any atom is 0.256 e. The SMILES string of the molecule is Nc1ncc(C(=O)N2CCC(c3cccc(F)c3)CC2)cn1. The second kappa shape index (κ2) is 6.09. The van der Waals surface area contributed by atoms with Gasteiger partial charge in [-0.15, -0.1) is 0 Å². The molecule has 2 aromatic rings. The third-order valence-corrected chi connectivity index (χ3v) is 4.02. The number of benzene rings is 1. The average Bonchev–Trinajstić information content (AvgIpc) is 2.55. The van der Waals surface area contributed by atoms with Crippen LogP contribution in [0.15, 0.2) is 36.7 Å². The van der Waals surface area contributed by atoms with Crippen LogP contribution in [0.5, 0.6) is 0 Å². The van der Waals surface area contributed by atoms with Crippen LogP contribution in [0, 0.1) is 5.82 Å². The summed E-state index contributed by atoms with van der Waals surface area (Å²) in [5.41, 5.74) is 6.87. The average molecular weight is 300 g/mol. The van der Waals surface area contributed by atoms with Gasteiger partial charge in [-0.2, -0.15) is 0 Å². The molecule has 0 radical (unpaired) electrons. The molecular weight excluding hydrogens is 283 g/mol. The molecule has 1 aromatic carbocycles. The lowest BCUT2D eigenvalue weighted by atomic mass is 9.89. The summed E-state index contributed by atoms with van der Waals surface area (Å²) in [5, 5.41) is 0. The number of halogens is 1. The number of likely N-dealkylation sites (tertiary alicyclic amines) is 1. The molecule has 0 spiro atoms. The number of hydrogen-bond acceptors (Lipinski definition) is 4. The first-order valence-electron chi connectivity index (χ1n) is 7.26. The van der Waals surface area contributed by atoms with Gasteiger partial charge < -0.3 is 10.6 Å². The minimum absolute atomic E-state index is 0.0855. The van der Waals surface area contributed by atoms with E-state index >= 15 is 0 Å². The molecular formula is C16H17FN4O. The van der Waals surface area contributed by atoms with Crippen LogP contribution in [-0.4, -0.2) is 33.9 Å². The predicted molar refractivity (Wildman–Crippen MR) is 80.7 cm³/mol. The molecule has 1 saturated heterocycles. The van der Waals surface area contributed by atoms with Crippen molar-refractivity contribution < 1.29 is 9.18 Å². The maximum atomic E-state index is 13.3. The Hall–Kier alpha value is -2.50. The van der Waals surface area contributed by atoms with Crippen LogP contribution < -0.4 is 5.73 Å². The summed E-state index contributed by atoms with van der Waals surface area (Å²) in [7, 11) is 0. The van der Waals surface area contributed by atoms with E-state index in [1.807, 2.05) is 6.07 Å². The Balaban J connectivity index is 1.64. The van der Waals surface area contributed by atoms with Gasteiger partial charge in [0.2, 0.25) is 5.95 Å². The highest BCUT2D eigenvalue weighted by Crippen LogP contribution is 2.28. The molecule has 3 rings (SSSR count). The van der Waals surface area contributed by atoms with Crippen molar-refractivity contribution >= 4 is 11.9 Å². The molecule has 1 aliphatic heterocycles. The topological polar surface area (TPSA) is 72.1 Å². The summed E-state index contributed by atoms with van der Waals surface area (Å²) >= 11 is 0. The standard InChI is InChI=1S/C16H17FN4O/c17-14-3-1-2-12(8-14)11-4-6-21(7-5-11)15(22)13-9-19-16(18)20-10-13/h1-3,8-11H,4-7H2,(H2,18,19,20). The van der Waals surface area contributed by atoms with Gasteiger partial charge in [-0.3, -0.25) is 4.79 Å². The molecule has 0 unspecified atom stereocenters. The highest BCUT2D eigenvalue weighted by atomic mass is 19.1. The molecule has 0 bridgehead atoms. The third-order valence-electron chi connectivity index (χ3n) is 4.02. The van der Waals surface area contributed by atoms with E-state index in [-0.39, 0.29) is 17.7 Å². The van der Waals surface area contributed by atoms with Crippen LogP contribution in [0.25, 0.3) is 0 Å². The van der Waals surface area contributed by atoms with Crippen LogP contribution in [0.2, 0.25) is 0 Å². The van der Waals surface area contributed by atoms with Gasteiger partial charge in [0.1, 0.15) is 5.82 Å². The van der Waals surface area contributed by atoms with Crippen molar-refractivity contribution in [3.63, 3.8) is 0 Å². The number of carbonyl (C=O) groups excluding carboxylic acids is 1. The summed E-state index contributed by atoms with van der Waals surface area (Å²) in [6.45, 7) is 1.29. The van der Waals surface area contributed by atoms with E-state index in [0.717, 1.165) is 18.4 Å². The Morgan fingerprint density at radius 2 is 1.91 bits per heavy atom. The zero-order valence-corrected chi connectivity index (χ0v) is 12.1. The van der Waals surface area contributed by atoms with Gasteiger partial charge >= 0.3 is 0 Å². The van der Waals surface area contributed by atoms with Crippen LogP contribution in [0.1, 0.15) is 34.7 Å².